The van der Waals surface area contributed by atoms with Gasteiger partial charge in [-0.05, 0) is 58.3 Å². The van der Waals surface area contributed by atoms with Crippen LogP contribution >= 0.6 is 22.7 Å². The van der Waals surface area contributed by atoms with E-state index in [0.717, 1.165) is 43.7 Å². The number of aromatic nitrogens is 4. The van der Waals surface area contributed by atoms with E-state index in [0.29, 0.717) is 17.5 Å². The van der Waals surface area contributed by atoms with E-state index in [9.17, 15) is 0 Å². The highest BCUT2D eigenvalue weighted by atomic mass is 32.1. The molecule has 3 heterocycles. The molecule has 0 saturated heterocycles. The Bertz CT molecular complexity index is 2860. The van der Waals surface area contributed by atoms with E-state index in [1.807, 2.05) is 12.1 Å². The second-order valence-corrected chi connectivity index (χ2v) is 14.4. The highest BCUT2D eigenvalue weighted by Crippen LogP contribution is 2.41. The van der Waals surface area contributed by atoms with Crippen molar-refractivity contribution in [1.29, 1.82) is 0 Å². The first-order valence-electron chi connectivity index (χ1n) is 16.5. The highest BCUT2D eigenvalue weighted by Gasteiger charge is 2.16. The molecule has 10 rings (SSSR count). The molecular weight excluding hydrogens is 649 g/mol. The van der Waals surface area contributed by atoms with Gasteiger partial charge in [-0.25, -0.2) is 19.9 Å². The average molecular weight is 675 g/mol. The zero-order valence-electron chi connectivity index (χ0n) is 26.6. The van der Waals surface area contributed by atoms with Crippen molar-refractivity contribution in [3.05, 3.63) is 158 Å². The third kappa shape index (κ3) is 5.13. The van der Waals surface area contributed by atoms with Crippen LogP contribution in [0.4, 0.5) is 0 Å². The van der Waals surface area contributed by atoms with E-state index in [-0.39, 0.29) is 0 Å². The van der Waals surface area contributed by atoms with Gasteiger partial charge in [0.15, 0.2) is 17.5 Å². The summed E-state index contributed by atoms with van der Waals surface area (Å²) in [5, 5.41) is 5.79. The summed E-state index contributed by atoms with van der Waals surface area (Å²) in [5.41, 5.74) is 7.37. The second kappa shape index (κ2) is 11.8. The first kappa shape index (κ1) is 28.9. The standard InChI is InChI=1S/C44H26N4S2/c1-3-9-27(10-4-1)29-15-18-30(19-16-29)41-46-42(33-20-17-28-11-7-8-14-32(28)23-33)48-43(47-41)34-21-22-38-35(24-34)36-25-40-37(26-39(36)49-38)45-44(50-40)31-12-5-2-6-13-31/h1-26H. The van der Waals surface area contributed by atoms with Crippen molar-refractivity contribution in [2.24, 2.45) is 0 Å². The number of rotatable bonds is 5. The minimum absolute atomic E-state index is 0.646. The van der Waals surface area contributed by atoms with Crippen LogP contribution in [0.1, 0.15) is 0 Å². The van der Waals surface area contributed by atoms with E-state index >= 15 is 0 Å². The largest absolute Gasteiger partial charge is 0.236 e. The van der Waals surface area contributed by atoms with Crippen molar-refractivity contribution in [2.75, 3.05) is 0 Å². The van der Waals surface area contributed by atoms with Crippen molar-refractivity contribution in [2.45, 2.75) is 0 Å². The molecule has 0 aliphatic heterocycles. The molecule has 0 atom stereocenters. The molecule has 0 amide bonds. The molecule has 0 bridgehead atoms. The lowest BCUT2D eigenvalue weighted by atomic mass is 10.0. The van der Waals surface area contributed by atoms with E-state index in [1.165, 1.54) is 35.8 Å². The van der Waals surface area contributed by atoms with E-state index in [2.05, 4.69) is 146 Å². The molecule has 6 heteroatoms. The van der Waals surface area contributed by atoms with Gasteiger partial charge in [0.25, 0.3) is 0 Å². The second-order valence-electron chi connectivity index (χ2n) is 12.3. The van der Waals surface area contributed by atoms with Crippen LogP contribution < -0.4 is 0 Å². The van der Waals surface area contributed by atoms with Gasteiger partial charge in [-0.3, -0.25) is 0 Å². The van der Waals surface area contributed by atoms with Gasteiger partial charge in [-0.1, -0.05) is 121 Å². The van der Waals surface area contributed by atoms with Gasteiger partial charge in [-0.2, -0.15) is 0 Å². The van der Waals surface area contributed by atoms with Gasteiger partial charge in [0, 0.05) is 42.4 Å². The first-order valence-corrected chi connectivity index (χ1v) is 18.1. The van der Waals surface area contributed by atoms with Crippen LogP contribution in [-0.2, 0) is 0 Å². The third-order valence-corrected chi connectivity index (χ3v) is 11.4. The maximum atomic E-state index is 5.10. The lowest BCUT2D eigenvalue weighted by molar-refractivity contribution is 1.08. The number of fused-ring (bicyclic) bond motifs is 5. The zero-order valence-corrected chi connectivity index (χ0v) is 28.2. The highest BCUT2D eigenvalue weighted by molar-refractivity contribution is 7.26. The SMILES string of the molecule is c1ccc(-c2ccc(-c3nc(-c4ccc5ccccc5c4)nc(-c4ccc5sc6cc7nc(-c8ccccc8)sc7cc6c5c4)n3)cc2)cc1. The average Bonchev–Trinajstić information content (AvgIpc) is 3.77. The smallest absolute Gasteiger partial charge is 0.164 e. The number of thiazole rings is 1. The Labute approximate surface area is 296 Å². The summed E-state index contributed by atoms with van der Waals surface area (Å²) in [4.78, 5) is 20.2. The molecule has 234 valence electrons. The fourth-order valence-electron chi connectivity index (χ4n) is 6.57. The van der Waals surface area contributed by atoms with Crippen LogP contribution in [0.3, 0.4) is 0 Å². The van der Waals surface area contributed by atoms with Gasteiger partial charge < -0.3 is 0 Å². The number of nitrogens with zero attached hydrogens (tertiary/aromatic N) is 4. The fraction of sp³-hybridized carbons (Fsp3) is 0. The summed E-state index contributed by atoms with van der Waals surface area (Å²) in [7, 11) is 0. The van der Waals surface area contributed by atoms with E-state index < -0.39 is 0 Å². The Balaban J connectivity index is 1.11. The number of benzene rings is 7. The summed E-state index contributed by atoms with van der Waals surface area (Å²) in [5.74, 6) is 1.95. The molecule has 0 unspecified atom stereocenters. The molecule has 4 nitrogen and oxygen atoms in total. The van der Waals surface area contributed by atoms with Gasteiger partial charge in [0.2, 0.25) is 0 Å². The maximum Gasteiger partial charge on any atom is 0.164 e. The van der Waals surface area contributed by atoms with Crippen molar-refractivity contribution >= 4 is 63.8 Å². The normalized spacial score (nSPS) is 11.6. The Hall–Kier alpha value is -6.08. The molecule has 0 aliphatic rings. The quantitative estimate of drug-likeness (QED) is 0.182. The summed E-state index contributed by atoms with van der Waals surface area (Å²) >= 11 is 3.54. The lowest BCUT2D eigenvalue weighted by Crippen LogP contribution is -2.00. The predicted molar refractivity (Wildman–Crippen MR) is 211 cm³/mol. The molecule has 50 heavy (non-hydrogen) atoms. The lowest BCUT2D eigenvalue weighted by Gasteiger charge is -2.10. The van der Waals surface area contributed by atoms with Crippen molar-refractivity contribution < 1.29 is 0 Å². The van der Waals surface area contributed by atoms with Crippen LogP contribution in [0, 0.1) is 0 Å². The molecule has 0 N–H and O–H groups in total. The fourth-order valence-corrected chi connectivity index (χ4v) is 8.67. The minimum Gasteiger partial charge on any atom is -0.236 e. The maximum absolute atomic E-state index is 5.10. The number of hydrogen-bond donors (Lipinski definition) is 0. The summed E-state index contributed by atoms with van der Waals surface area (Å²) in [6.07, 6.45) is 0. The van der Waals surface area contributed by atoms with Gasteiger partial charge in [-0.15, -0.1) is 22.7 Å². The monoisotopic (exact) mass is 674 g/mol. The first-order chi connectivity index (χ1) is 24.7. The molecule has 10 aromatic rings. The van der Waals surface area contributed by atoms with Gasteiger partial charge in [0.1, 0.15) is 5.01 Å². The molecule has 0 saturated carbocycles. The topological polar surface area (TPSA) is 51.6 Å². The summed E-state index contributed by atoms with van der Waals surface area (Å²) in [6, 6.07) is 55.2. The predicted octanol–water partition coefficient (Wildman–Crippen LogP) is 12.3. The van der Waals surface area contributed by atoms with Crippen LogP contribution in [0.5, 0.6) is 0 Å². The van der Waals surface area contributed by atoms with Crippen LogP contribution in [0.25, 0.3) is 97.0 Å². The minimum atomic E-state index is 0.646. The third-order valence-electron chi connectivity index (χ3n) is 9.15. The molecule has 3 aromatic heterocycles. The molecule has 0 aliphatic carbocycles. The van der Waals surface area contributed by atoms with Crippen molar-refractivity contribution in [1.82, 2.24) is 19.9 Å². The molecule has 7 aromatic carbocycles. The Kier molecular flexibility index (Phi) is 6.82. The zero-order chi connectivity index (χ0) is 33.0. The van der Waals surface area contributed by atoms with Gasteiger partial charge >= 0.3 is 0 Å². The van der Waals surface area contributed by atoms with Crippen LogP contribution in [-0.4, -0.2) is 19.9 Å². The summed E-state index contributed by atoms with van der Waals surface area (Å²) in [6.45, 7) is 0. The molecule has 0 fully saturated rings. The van der Waals surface area contributed by atoms with Crippen molar-refractivity contribution in [3.63, 3.8) is 0 Å². The van der Waals surface area contributed by atoms with Crippen LogP contribution in [0.15, 0.2) is 158 Å². The van der Waals surface area contributed by atoms with E-state index in [4.69, 9.17) is 19.9 Å². The number of hydrogen-bond acceptors (Lipinski definition) is 6. The Morgan fingerprint density at radius 2 is 0.880 bits per heavy atom. The Morgan fingerprint density at radius 1 is 0.320 bits per heavy atom. The Morgan fingerprint density at radius 3 is 1.64 bits per heavy atom. The molecular formula is C44H26N4S2. The summed E-state index contributed by atoms with van der Waals surface area (Å²) < 4.78 is 3.63. The van der Waals surface area contributed by atoms with Gasteiger partial charge in [0.05, 0.1) is 10.2 Å². The van der Waals surface area contributed by atoms with Crippen LogP contribution in [0.2, 0.25) is 0 Å². The molecule has 0 radical (unpaired) electrons. The number of thiophene rings is 1. The molecule has 0 spiro atoms. The van der Waals surface area contributed by atoms with E-state index in [1.54, 1.807) is 22.7 Å². The van der Waals surface area contributed by atoms with Crippen molar-refractivity contribution in [3.8, 4) is 55.9 Å².